The SMILES string of the molecule is O=C(NC(Cc1cc2cc(F)ccc2[nH]1)C(=O)O)c1cc2ccccc2s1. The summed E-state index contributed by atoms with van der Waals surface area (Å²) in [5, 5.41) is 13.7. The molecule has 5 nitrogen and oxygen atoms in total. The Hall–Kier alpha value is -3.19. The van der Waals surface area contributed by atoms with Gasteiger partial charge in [-0.2, -0.15) is 0 Å². The average Bonchev–Trinajstić information content (AvgIpc) is 3.23. The standard InChI is InChI=1S/C20H15FN2O3S/c21-13-5-6-15-12(7-13)8-14(22-15)10-16(20(25)26)23-19(24)18-9-11-3-1-2-4-17(11)27-18/h1-9,16,22H,10H2,(H,23,24)(H,25,26). The monoisotopic (exact) mass is 382 g/mol. The molecule has 1 unspecified atom stereocenters. The van der Waals surface area contributed by atoms with Crippen molar-refractivity contribution >= 4 is 44.2 Å². The summed E-state index contributed by atoms with van der Waals surface area (Å²) in [7, 11) is 0. The van der Waals surface area contributed by atoms with Gasteiger partial charge in [-0.15, -0.1) is 11.3 Å². The highest BCUT2D eigenvalue weighted by Gasteiger charge is 2.23. The highest BCUT2D eigenvalue weighted by Crippen LogP contribution is 2.25. The van der Waals surface area contributed by atoms with Crippen molar-refractivity contribution in [2.24, 2.45) is 0 Å². The van der Waals surface area contributed by atoms with Crippen LogP contribution in [0.2, 0.25) is 0 Å². The topological polar surface area (TPSA) is 82.2 Å². The number of hydrogen-bond donors (Lipinski definition) is 3. The zero-order valence-electron chi connectivity index (χ0n) is 14.0. The Balaban J connectivity index is 1.54. The second kappa shape index (κ2) is 6.85. The number of benzene rings is 2. The maximum Gasteiger partial charge on any atom is 0.326 e. The van der Waals surface area contributed by atoms with Gasteiger partial charge in [0.05, 0.1) is 4.88 Å². The average molecular weight is 382 g/mol. The van der Waals surface area contributed by atoms with Crippen LogP contribution < -0.4 is 5.32 Å². The van der Waals surface area contributed by atoms with Crippen LogP contribution >= 0.6 is 11.3 Å². The molecule has 0 saturated heterocycles. The summed E-state index contributed by atoms with van der Waals surface area (Å²) in [6, 6.07) is 14.2. The normalized spacial score (nSPS) is 12.3. The van der Waals surface area contributed by atoms with E-state index in [1.54, 1.807) is 18.2 Å². The minimum Gasteiger partial charge on any atom is -0.480 e. The predicted molar refractivity (Wildman–Crippen MR) is 103 cm³/mol. The molecule has 0 saturated carbocycles. The molecule has 0 radical (unpaired) electrons. The zero-order chi connectivity index (χ0) is 19.0. The highest BCUT2D eigenvalue weighted by atomic mass is 32.1. The summed E-state index contributed by atoms with van der Waals surface area (Å²) in [6.45, 7) is 0. The third-order valence-electron chi connectivity index (χ3n) is 4.32. The molecule has 0 fully saturated rings. The number of aliphatic carboxylic acids is 1. The van der Waals surface area contributed by atoms with Crippen molar-refractivity contribution in [1.29, 1.82) is 0 Å². The van der Waals surface area contributed by atoms with E-state index in [4.69, 9.17) is 0 Å². The van der Waals surface area contributed by atoms with Gasteiger partial charge in [0.15, 0.2) is 0 Å². The second-order valence-electron chi connectivity index (χ2n) is 6.24. The van der Waals surface area contributed by atoms with E-state index in [0.29, 0.717) is 21.5 Å². The van der Waals surface area contributed by atoms with Gasteiger partial charge >= 0.3 is 5.97 Å². The molecule has 0 bridgehead atoms. The van der Waals surface area contributed by atoms with Crippen LogP contribution in [0.1, 0.15) is 15.4 Å². The minimum absolute atomic E-state index is 0.0717. The number of amides is 1. The van der Waals surface area contributed by atoms with Crippen molar-refractivity contribution in [3.8, 4) is 0 Å². The number of thiophene rings is 1. The van der Waals surface area contributed by atoms with Gasteiger partial charge in [-0.3, -0.25) is 4.79 Å². The summed E-state index contributed by atoms with van der Waals surface area (Å²) in [5.41, 5.74) is 1.33. The molecule has 1 atom stereocenters. The van der Waals surface area contributed by atoms with Gasteiger partial charge in [-0.1, -0.05) is 18.2 Å². The molecule has 1 amide bonds. The number of H-pyrrole nitrogens is 1. The Bertz CT molecular complexity index is 1130. The molecular weight excluding hydrogens is 367 g/mol. The van der Waals surface area contributed by atoms with Crippen LogP contribution in [-0.2, 0) is 11.2 Å². The van der Waals surface area contributed by atoms with E-state index in [2.05, 4.69) is 10.3 Å². The van der Waals surface area contributed by atoms with Gasteiger partial charge in [0.1, 0.15) is 11.9 Å². The molecule has 4 aromatic rings. The summed E-state index contributed by atoms with van der Waals surface area (Å²) < 4.78 is 14.3. The Morgan fingerprint density at radius 1 is 1.11 bits per heavy atom. The fraction of sp³-hybridized carbons (Fsp3) is 0.100. The lowest BCUT2D eigenvalue weighted by Gasteiger charge is -2.13. The first kappa shape index (κ1) is 17.2. The Morgan fingerprint density at radius 3 is 2.70 bits per heavy atom. The van der Waals surface area contributed by atoms with E-state index in [-0.39, 0.29) is 12.2 Å². The Kier molecular flexibility index (Phi) is 4.37. The predicted octanol–water partition coefficient (Wildman–Crippen LogP) is 3.95. The van der Waals surface area contributed by atoms with E-state index < -0.39 is 17.9 Å². The van der Waals surface area contributed by atoms with Crippen molar-refractivity contribution < 1.29 is 19.1 Å². The molecule has 0 aliphatic rings. The third kappa shape index (κ3) is 3.54. The molecule has 2 aromatic heterocycles. The number of fused-ring (bicyclic) bond motifs is 2. The molecule has 136 valence electrons. The molecule has 0 aliphatic heterocycles. The number of nitrogens with one attached hydrogen (secondary N) is 2. The maximum atomic E-state index is 13.3. The maximum absolute atomic E-state index is 13.3. The van der Waals surface area contributed by atoms with E-state index in [1.807, 2.05) is 24.3 Å². The smallest absolute Gasteiger partial charge is 0.326 e. The van der Waals surface area contributed by atoms with Crippen molar-refractivity contribution in [1.82, 2.24) is 10.3 Å². The van der Waals surface area contributed by atoms with E-state index in [1.165, 1.54) is 23.5 Å². The van der Waals surface area contributed by atoms with E-state index in [9.17, 15) is 19.1 Å². The van der Waals surface area contributed by atoms with E-state index in [0.717, 1.165) is 10.1 Å². The molecule has 27 heavy (non-hydrogen) atoms. The quantitative estimate of drug-likeness (QED) is 0.489. The zero-order valence-corrected chi connectivity index (χ0v) is 14.8. The van der Waals surface area contributed by atoms with Gasteiger partial charge in [-0.05, 0) is 41.8 Å². The molecule has 2 aromatic carbocycles. The number of halogens is 1. The number of carboxylic acid groups (broad SMARTS) is 1. The lowest BCUT2D eigenvalue weighted by atomic mass is 10.1. The number of carbonyl (C=O) groups is 2. The lowest BCUT2D eigenvalue weighted by Crippen LogP contribution is -2.42. The molecule has 0 spiro atoms. The van der Waals surface area contributed by atoms with Gasteiger partial charge in [0.2, 0.25) is 0 Å². The van der Waals surface area contributed by atoms with Crippen molar-refractivity contribution in [2.45, 2.75) is 12.5 Å². The van der Waals surface area contributed by atoms with Crippen LogP contribution in [0.5, 0.6) is 0 Å². The fourth-order valence-corrected chi connectivity index (χ4v) is 3.98. The molecule has 0 aliphatic carbocycles. The summed E-state index contributed by atoms with van der Waals surface area (Å²) in [5.74, 6) is -1.92. The van der Waals surface area contributed by atoms with Crippen LogP contribution in [0.25, 0.3) is 21.0 Å². The fourth-order valence-electron chi connectivity index (χ4n) is 3.02. The number of hydrogen-bond acceptors (Lipinski definition) is 3. The number of carboxylic acids is 1. The number of aromatic nitrogens is 1. The molecule has 4 rings (SSSR count). The molecule has 3 N–H and O–H groups in total. The first-order valence-electron chi connectivity index (χ1n) is 8.29. The van der Waals surface area contributed by atoms with Crippen LogP contribution in [0.3, 0.4) is 0 Å². The number of aromatic amines is 1. The van der Waals surface area contributed by atoms with Gasteiger partial charge in [0, 0.05) is 27.7 Å². The van der Waals surface area contributed by atoms with Crippen LogP contribution in [-0.4, -0.2) is 28.0 Å². The summed E-state index contributed by atoms with van der Waals surface area (Å²) in [4.78, 5) is 27.7. The summed E-state index contributed by atoms with van der Waals surface area (Å²) >= 11 is 1.32. The van der Waals surface area contributed by atoms with Gasteiger partial charge in [0.25, 0.3) is 5.91 Å². The van der Waals surface area contributed by atoms with Crippen molar-refractivity contribution in [3.63, 3.8) is 0 Å². The number of rotatable bonds is 5. The first-order valence-corrected chi connectivity index (χ1v) is 9.10. The largest absolute Gasteiger partial charge is 0.480 e. The van der Waals surface area contributed by atoms with Gasteiger partial charge < -0.3 is 15.4 Å². The summed E-state index contributed by atoms with van der Waals surface area (Å²) in [6.07, 6.45) is 0.0717. The van der Waals surface area contributed by atoms with Crippen LogP contribution in [0, 0.1) is 5.82 Å². The van der Waals surface area contributed by atoms with E-state index >= 15 is 0 Å². The number of carbonyl (C=O) groups excluding carboxylic acids is 1. The van der Waals surface area contributed by atoms with Gasteiger partial charge in [-0.25, -0.2) is 9.18 Å². The molecule has 2 heterocycles. The van der Waals surface area contributed by atoms with Crippen molar-refractivity contribution in [3.05, 3.63) is 71.0 Å². The van der Waals surface area contributed by atoms with Crippen molar-refractivity contribution in [2.75, 3.05) is 0 Å². The lowest BCUT2D eigenvalue weighted by molar-refractivity contribution is -0.139. The third-order valence-corrected chi connectivity index (χ3v) is 5.43. The first-order chi connectivity index (χ1) is 13.0. The Morgan fingerprint density at radius 2 is 1.93 bits per heavy atom. The minimum atomic E-state index is -1.13. The second-order valence-corrected chi connectivity index (χ2v) is 7.33. The molecule has 7 heteroatoms. The Labute approximate surface area is 157 Å². The highest BCUT2D eigenvalue weighted by molar-refractivity contribution is 7.20. The molecular formula is C20H15FN2O3S. The van der Waals surface area contributed by atoms with Crippen LogP contribution in [0.4, 0.5) is 4.39 Å². The van der Waals surface area contributed by atoms with Crippen LogP contribution in [0.15, 0.2) is 54.6 Å².